The Morgan fingerprint density at radius 2 is 0.610 bits per heavy atom. The molecule has 0 aliphatic carbocycles. The first-order valence-electron chi connectivity index (χ1n) is 18.7. The quantitative estimate of drug-likeness (QED) is 0.0506. The van der Waals surface area contributed by atoms with Crippen molar-refractivity contribution in [3.63, 3.8) is 0 Å². The smallest absolute Gasteiger partial charge is 0.313 e. The van der Waals surface area contributed by atoms with E-state index in [9.17, 15) is 4.57 Å². The third-order valence-electron chi connectivity index (χ3n) is 8.24. The largest absolute Gasteiger partial charge is 0.314 e. The minimum absolute atomic E-state index is 0.684. The molecule has 0 bridgehead atoms. The maximum Gasteiger partial charge on any atom is 0.313 e. The standard InChI is InChI=1S/C36H75O2PS2/c1-4-7-10-13-16-19-22-25-28-31-34-38-39(37,40-35-32-29-26-23-20-17-14-11-8-5-2)41-36-33-30-27-24-21-18-15-12-9-6-3/h4-36H2,1-3H3. The van der Waals surface area contributed by atoms with Crippen LogP contribution in [0.5, 0.6) is 0 Å². The van der Waals surface area contributed by atoms with Crippen LogP contribution in [0.25, 0.3) is 0 Å². The Kier molecular flexibility index (Phi) is 36.1. The summed E-state index contributed by atoms with van der Waals surface area (Å²) in [4.78, 5) is 0. The fourth-order valence-corrected chi connectivity index (χ4v) is 12.3. The van der Waals surface area contributed by atoms with E-state index in [0.717, 1.165) is 17.9 Å². The Hall–Kier alpha value is 0.890. The van der Waals surface area contributed by atoms with Crippen LogP contribution in [0, 0.1) is 0 Å². The third-order valence-corrected chi connectivity index (χ3v) is 15.8. The van der Waals surface area contributed by atoms with Crippen LogP contribution in [0.1, 0.15) is 213 Å². The first-order chi connectivity index (χ1) is 20.2. The summed E-state index contributed by atoms with van der Waals surface area (Å²) in [6.45, 7) is 7.55. The van der Waals surface area contributed by atoms with Crippen molar-refractivity contribution >= 4 is 28.5 Å². The molecule has 0 saturated carbocycles. The van der Waals surface area contributed by atoms with E-state index in [1.807, 2.05) is 0 Å². The van der Waals surface area contributed by atoms with Crippen molar-refractivity contribution in [1.29, 1.82) is 0 Å². The molecule has 0 amide bonds. The molecule has 0 aliphatic rings. The van der Waals surface area contributed by atoms with Gasteiger partial charge in [-0.15, -0.1) is 0 Å². The lowest BCUT2D eigenvalue weighted by Gasteiger charge is -2.17. The predicted octanol–water partition coefficient (Wildman–Crippen LogP) is 15.3. The van der Waals surface area contributed by atoms with Crippen LogP contribution in [-0.4, -0.2) is 18.1 Å². The molecular weight excluding hydrogens is 560 g/mol. The van der Waals surface area contributed by atoms with Crippen molar-refractivity contribution in [3.05, 3.63) is 0 Å². The number of hydrogen-bond acceptors (Lipinski definition) is 4. The van der Waals surface area contributed by atoms with Gasteiger partial charge in [-0.25, -0.2) is 0 Å². The maximum absolute atomic E-state index is 13.7. The highest BCUT2D eigenvalue weighted by Crippen LogP contribution is 2.70. The first kappa shape index (κ1) is 41.9. The van der Waals surface area contributed by atoms with E-state index in [1.165, 1.54) is 186 Å². The molecule has 0 fully saturated rings. The van der Waals surface area contributed by atoms with Gasteiger partial charge in [0.25, 0.3) is 0 Å². The second-order valence-corrected chi connectivity index (χ2v) is 20.1. The van der Waals surface area contributed by atoms with Gasteiger partial charge in [-0.2, -0.15) is 0 Å². The molecule has 0 rings (SSSR count). The lowest BCUT2D eigenvalue weighted by atomic mass is 10.1. The zero-order chi connectivity index (χ0) is 30.0. The molecule has 248 valence electrons. The second-order valence-electron chi connectivity index (χ2n) is 12.5. The molecule has 5 heteroatoms. The summed E-state index contributed by atoms with van der Waals surface area (Å²) in [5.74, 6) is -0.624. The Labute approximate surface area is 268 Å². The Balaban J connectivity index is 4.07. The van der Waals surface area contributed by atoms with Crippen LogP contribution in [0.3, 0.4) is 0 Å². The summed E-state index contributed by atoms with van der Waals surface area (Å²) < 4.78 is 19.9. The SMILES string of the molecule is CCCCCCCCCCCCOP(=O)(SCCCCCCCCCCCC)SCCCCCCCCCCCC. The van der Waals surface area contributed by atoms with Gasteiger partial charge in [-0.1, -0.05) is 217 Å². The molecular formula is C36H75O2PS2. The van der Waals surface area contributed by atoms with Crippen LogP contribution >= 0.6 is 28.5 Å². The van der Waals surface area contributed by atoms with Crippen LogP contribution in [-0.2, 0) is 9.09 Å². The van der Waals surface area contributed by atoms with E-state index in [1.54, 1.807) is 22.8 Å². The average Bonchev–Trinajstić information content (AvgIpc) is 2.97. The van der Waals surface area contributed by atoms with Crippen molar-refractivity contribution in [3.8, 4) is 0 Å². The molecule has 0 aromatic carbocycles. The van der Waals surface area contributed by atoms with Crippen molar-refractivity contribution in [2.75, 3.05) is 18.1 Å². The molecule has 0 N–H and O–H groups in total. The fourth-order valence-electron chi connectivity index (χ4n) is 5.41. The molecule has 0 spiro atoms. The van der Waals surface area contributed by atoms with Gasteiger partial charge in [-0.3, -0.25) is 4.57 Å². The van der Waals surface area contributed by atoms with Crippen LogP contribution < -0.4 is 0 Å². The summed E-state index contributed by atoms with van der Waals surface area (Å²) in [5.41, 5.74) is 0. The normalized spacial score (nSPS) is 12.0. The highest BCUT2D eigenvalue weighted by Gasteiger charge is 2.24. The van der Waals surface area contributed by atoms with Gasteiger partial charge in [0.05, 0.1) is 6.61 Å². The Bertz CT molecular complexity index is 460. The topological polar surface area (TPSA) is 26.3 Å². The zero-order valence-electron chi connectivity index (χ0n) is 28.4. The van der Waals surface area contributed by atoms with Gasteiger partial charge in [0.15, 0.2) is 0 Å². The summed E-state index contributed by atoms with van der Waals surface area (Å²) in [6.07, 6.45) is 40.4. The lowest BCUT2D eigenvalue weighted by Crippen LogP contribution is -1.93. The molecule has 41 heavy (non-hydrogen) atoms. The molecule has 0 radical (unpaired) electrons. The van der Waals surface area contributed by atoms with E-state index >= 15 is 0 Å². The van der Waals surface area contributed by atoms with E-state index in [4.69, 9.17) is 4.52 Å². The molecule has 0 unspecified atom stereocenters. The van der Waals surface area contributed by atoms with Gasteiger partial charge < -0.3 is 4.52 Å². The predicted molar refractivity (Wildman–Crippen MR) is 194 cm³/mol. The number of unbranched alkanes of at least 4 members (excludes halogenated alkanes) is 27. The first-order valence-corrected chi connectivity index (χ1v) is 23.5. The lowest BCUT2D eigenvalue weighted by molar-refractivity contribution is 0.321. The summed E-state index contributed by atoms with van der Waals surface area (Å²) in [5, 5.41) is 0. The number of hydrogen-bond donors (Lipinski definition) is 0. The van der Waals surface area contributed by atoms with Crippen molar-refractivity contribution < 1.29 is 9.09 Å². The Morgan fingerprint density at radius 1 is 0.366 bits per heavy atom. The van der Waals surface area contributed by atoms with Gasteiger partial charge in [-0.05, 0) is 19.3 Å². The minimum Gasteiger partial charge on any atom is -0.314 e. The van der Waals surface area contributed by atoms with Crippen molar-refractivity contribution in [2.45, 2.75) is 213 Å². The van der Waals surface area contributed by atoms with Crippen LogP contribution in [0.2, 0.25) is 0 Å². The monoisotopic (exact) mass is 634 g/mol. The molecule has 0 saturated heterocycles. The van der Waals surface area contributed by atoms with Crippen molar-refractivity contribution in [2.24, 2.45) is 0 Å². The molecule has 2 nitrogen and oxygen atoms in total. The molecule has 0 atom stereocenters. The van der Waals surface area contributed by atoms with Crippen LogP contribution in [0.4, 0.5) is 0 Å². The van der Waals surface area contributed by atoms with E-state index in [-0.39, 0.29) is 0 Å². The molecule has 0 heterocycles. The fraction of sp³-hybridized carbons (Fsp3) is 1.00. The highest BCUT2D eigenvalue weighted by atomic mass is 33.1. The average molecular weight is 635 g/mol. The van der Waals surface area contributed by atoms with Gasteiger partial charge >= 0.3 is 5.77 Å². The van der Waals surface area contributed by atoms with Crippen molar-refractivity contribution in [1.82, 2.24) is 0 Å². The zero-order valence-corrected chi connectivity index (χ0v) is 30.9. The molecule has 0 aromatic rings. The van der Waals surface area contributed by atoms with E-state index < -0.39 is 5.77 Å². The van der Waals surface area contributed by atoms with E-state index in [2.05, 4.69) is 20.8 Å². The maximum atomic E-state index is 13.7. The van der Waals surface area contributed by atoms with E-state index in [0.29, 0.717) is 6.61 Å². The minimum atomic E-state index is -2.62. The second kappa shape index (κ2) is 35.4. The van der Waals surface area contributed by atoms with Gasteiger partial charge in [0.1, 0.15) is 0 Å². The van der Waals surface area contributed by atoms with Crippen LogP contribution in [0.15, 0.2) is 0 Å². The molecule has 0 aromatic heterocycles. The third kappa shape index (κ3) is 33.6. The van der Waals surface area contributed by atoms with Gasteiger partial charge in [0.2, 0.25) is 0 Å². The molecule has 0 aliphatic heterocycles. The van der Waals surface area contributed by atoms with Gasteiger partial charge in [0, 0.05) is 11.5 Å². The summed E-state index contributed by atoms with van der Waals surface area (Å²) in [6, 6.07) is 0. The highest BCUT2D eigenvalue weighted by molar-refractivity contribution is 8.89. The summed E-state index contributed by atoms with van der Waals surface area (Å²) in [7, 11) is 0. The Morgan fingerprint density at radius 3 is 0.902 bits per heavy atom. The summed E-state index contributed by atoms with van der Waals surface area (Å²) >= 11 is 3.32. The number of rotatable bonds is 36.